The number of benzene rings is 2. The highest BCUT2D eigenvalue weighted by atomic mass is 19.1. The summed E-state index contributed by atoms with van der Waals surface area (Å²) in [5.41, 5.74) is 1.29. The van der Waals surface area contributed by atoms with Crippen molar-refractivity contribution in [3.05, 3.63) is 53.6 Å². The van der Waals surface area contributed by atoms with Gasteiger partial charge in [0, 0.05) is 5.56 Å². The minimum atomic E-state index is -1.05. The minimum Gasteiger partial charge on any atom is -0.490 e. The van der Waals surface area contributed by atoms with E-state index < -0.39 is 23.5 Å². The molecule has 2 aromatic carbocycles. The van der Waals surface area contributed by atoms with Gasteiger partial charge in [-0.25, -0.2) is 8.78 Å². The van der Waals surface area contributed by atoms with E-state index in [-0.39, 0.29) is 12.4 Å². The quantitative estimate of drug-likeness (QED) is 0.899. The number of carboxylic acid groups (broad SMARTS) is 1. The molecule has 2 aromatic rings. The van der Waals surface area contributed by atoms with E-state index >= 15 is 0 Å². The molecule has 1 unspecified atom stereocenters. The highest BCUT2D eigenvalue weighted by Crippen LogP contribution is 2.36. The van der Waals surface area contributed by atoms with Crippen LogP contribution in [0.1, 0.15) is 25.3 Å². The third kappa shape index (κ3) is 3.24. The van der Waals surface area contributed by atoms with Gasteiger partial charge in [-0.1, -0.05) is 12.1 Å². The molecule has 1 N–H and O–H groups in total. The topological polar surface area (TPSA) is 46.5 Å². The Labute approximate surface area is 127 Å². The van der Waals surface area contributed by atoms with Crippen LogP contribution in [0.2, 0.25) is 0 Å². The molecule has 0 bridgehead atoms. The fourth-order valence-electron chi connectivity index (χ4n) is 2.14. The standard InChI is InChI=1S/C17H16F2O3/c1-3-22-16-14(11-4-6-13(18)7-5-11)8-12(9-15(16)19)10(2)17(20)21/h4-10H,3H2,1-2H3,(H,20,21). The SMILES string of the molecule is CCOc1c(F)cc(C(C)C(=O)O)cc1-c1ccc(F)cc1. The summed E-state index contributed by atoms with van der Waals surface area (Å²) in [5, 5.41) is 9.09. The third-order valence-electron chi connectivity index (χ3n) is 3.38. The number of aliphatic carboxylic acids is 1. The van der Waals surface area contributed by atoms with Gasteiger partial charge in [-0.2, -0.15) is 0 Å². The second kappa shape index (κ2) is 6.56. The van der Waals surface area contributed by atoms with Gasteiger partial charge in [0.05, 0.1) is 12.5 Å². The second-order valence-corrected chi connectivity index (χ2v) is 4.88. The van der Waals surface area contributed by atoms with Crippen LogP contribution in [0, 0.1) is 11.6 Å². The fourth-order valence-corrected chi connectivity index (χ4v) is 2.14. The van der Waals surface area contributed by atoms with Crippen molar-refractivity contribution in [1.82, 2.24) is 0 Å². The molecule has 0 aromatic heterocycles. The van der Waals surface area contributed by atoms with Crippen molar-refractivity contribution in [2.45, 2.75) is 19.8 Å². The summed E-state index contributed by atoms with van der Waals surface area (Å²) in [4.78, 5) is 11.1. The van der Waals surface area contributed by atoms with Crippen LogP contribution in [-0.2, 0) is 4.79 Å². The lowest BCUT2D eigenvalue weighted by molar-refractivity contribution is -0.138. The maximum atomic E-state index is 14.3. The first-order valence-corrected chi connectivity index (χ1v) is 6.89. The zero-order valence-corrected chi connectivity index (χ0v) is 12.3. The average Bonchev–Trinajstić information content (AvgIpc) is 2.49. The van der Waals surface area contributed by atoms with E-state index in [1.54, 1.807) is 13.0 Å². The zero-order chi connectivity index (χ0) is 16.3. The van der Waals surface area contributed by atoms with Crippen molar-refractivity contribution in [2.75, 3.05) is 6.61 Å². The Bertz CT molecular complexity index is 681. The number of carboxylic acids is 1. The van der Waals surface area contributed by atoms with E-state index in [1.165, 1.54) is 31.2 Å². The zero-order valence-electron chi connectivity index (χ0n) is 12.3. The lowest BCUT2D eigenvalue weighted by atomic mass is 9.95. The van der Waals surface area contributed by atoms with E-state index in [0.29, 0.717) is 16.7 Å². The summed E-state index contributed by atoms with van der Waals surface area (Å²) in [6, 6.07) is 8.26. The van der Waals surface area contributed by atoms with Crippen molar-refractivity contribution in [1.29, 1.82) is 0 Å². The van der Waals surface area contributed by atoms with Crippen molar-refractivity contribution in [2.24, 2.45) is 0 Å². The van der Waals surface area contributed by atoms with Crippen LogP contribution in [0.3, 0.4) is 0 Å². The molecule has 0 amide bonds. The Balaban J connectivity index is 2.61. The summed E-state index contributed by atoms with van der Waals surface area (Å²) in [5.74, 6) is -2.91. The molecule has 0 spiro atoms. The molecule has 0 saturated carbocycles. The van der Waals surface area contributed by atoms with Crippen LogP contribution in [0.25, 0.3) is 11.1 Å². The smallest absolute Gasteiger partial charge is 0.310 e. The molecule has 22 heavy (non-hydrogen) atoms. The van der Waals surface area contributed by atoms with Crippen molar-refractivity contribution >= 4 is 5.97 Å². The molecule has 1 atom stereocenters. The molecule has 2 rings (SSSR count). The summed E-state index contributed by atoms with van der Waals surface area (Å²) in [6.45, 7) is 3.46. The van der Waals surface area contributed by atoms with Crippen LogP contribution in [0.15, 0.2) is 36.4 Å². The van der Waals surface area contributed by atoms with Gasteiger partial charge in [-0.3, -0.25) is 4.79 Å². The van der Waals surface area contributed by atoms with E-state index in [4.69, 9.17) is 9.84 Å². The summed E-state index contributed by atoms with van der Waals surface area (Å²) >= 11 is 0. The van der Waals surface area contributed by atoms with E-state index in [9.17, 15) is 13.6 Å². The largest absolute Gasteiger partial charge is 0.490 e. The molecule has 0 aliphatic rings. The van der Waals surface area contributed by atoms with Gasteiger partial charge in [0.15, 0.2) is 11.6 Å². The van der Waals surface area contributed by atoms with Gasteiger partial charge in [-0.05, 0) is 49.2 Å². The van der Waals surface area contributed by atoms with Crippen LogP contribution in [0.4, 0.5) is 8.78 Å². The van der Waals surface area contributed by atoms with Gasteiger partial charge in [-0.15, -0.1) is 0 Å². The lowest BCUT2D eigenvalue weighted by Crippen LogP contribution is -2.09. The number of hydrogen-bond donors (Lipinski definition) is 1. The van der Waals surface area contributed by atoms with Crippen LogP contribution in [-0.4, -0.2) is 17.7 Å². The average molecular weight is 306 g/mol. The number of halogens is 2. The van der Waals surface area contributed by atoms with E-state index in [2.05, 4.69) is 0 Å². The van der Waals surface area contributed by atoms with Crippen molar-refractivity contribution in [3.63, 3.8) is 0 Å². The first kappa shape index (κ1) is 15.9. The Kier molecular flexibility index (Phi) is 4.75. The van der Waals surface area contributed by atoms with Crippen molar-refractivity contribution < 1.29 is 23.4 Å². The lowest BCUT2D eigenvalue weighted by Gasteiger charge is -2.15. The number of ether oxygens (including phenoxy) is 1. The number of hydrogen-bond acceptors (Lipinski definition) is 2. The Morgan fingerprint density at radius 3 is 2.41 bits per heavy atom. The second-order valence-electron chi connectivity index (χ2n) is 4.88. The predicted molar refractivity (Wildman–Crippen MR) is 79.0 cm³/mol. The van der Waals surface area contributed by atoms with Crippen molar-refractivity contribution in [3.8, 4) is 16.9 Å². The van der Waals surface area contributed by atoms with Gasteiger partial charge in [0.2, 0.25) is 0 Å². The molecular formula is C17H16F2O3. The molecule has 3 nitrogen and oxygen atoms in total. The van der Waals surface area contributed by atoms with Gasteiger partial charge in [0.25, 0.3) is 0 Å². The maximum absolute atomic E-state index is 14.3. The first-order valence-electron chi connectivity index (χ1n) is 6.89. The van der Waals surface area contributed by atoms with Gasteiger partial charge < -0.3 is 9.84 Å². The predicted octanol–water partition coefficient (Wildman–Crippen LogP) is 4.22. The molecule has 0 aliphatic heterocycles. The molecule has 0 saturated heterocycles. The fraction of sp³-hybridized carbons (Fsp3) is 0.235. The summed E-state index contributed by atoms with van der Waals surface area (Å²) in [6.07, 6.45) is 0. The summed E-state index contributed by atoms with van der Waals surface area (Å²) in [7, 11) is 0. The maximum Gasteiger partial charge on any atom is 0.310 e. The molecule has 5 heteroatoms. The third-order valence-corrected chi connectivity index (χ3v) is 3.38. The monoisotopic (exact) mass is 306 g/mol. The normalized spacial score (nSPS) is 12.0. The molecule has 0 fully saturated rings. The van der Waals surface area contributed by atoms with Crippen LogP contribution >= 0.6 is 0 Å². The molecule has 116 valence electrons. The number of rotatable bonds is 5. The van der Waals surface area contributed by atoms with Gasteiger partial charge in [0.1, 0.15) is 5.82 Å². The molecule has 0 heterocycles. The highest BCUT2D eigenvalue weighted by molar-refractivity contribution is 5.78. The molecule has 0 aliphatic carbocycles. The van der Waals surface area contributed by atoms with Crippen LogP contribution in [0.5, 0.6) is 5.75 Å². The summed E-state index contributed by atoms with van der Waals surface area (Å²) < 4.78 is 32.7. The Morgan fingerprint density at radius 1 is 1.23 bits per heavy atom. The van der Waals surface area contributed by atoms with Crippen LogP contribution < -0.4 is 4.74 Å². The Morgan fingerprint density at radius 2 is 1.86 bits per heavy atom. The van der Waals surface area contributed by atoms with E-state index in [1.807, 2.05) is 0 Å². The van der Waals surface area contributed by atoms with E-state index in [0.717, 1.165) is 6.07 Å². The first-order chi connectivity index (χ1) is 10.4. The molecule has 0 radical (unpaired) electrons. The number of carbonyl (C=O) groups is 1. The van der Waals surface area contributed by atoms with Gasteiger partial charge >= 0.3 is 5.97 Å². The highest BCUT2D eigenvalue weighted by Gasteiger charge is 2.20. The Hall–Kier alpha value is -2.43. The minimum absolute atomic E-state index is 0.0375. The molecular weight excluding hydrogens is 290 g/mol.